The van der Waals surface area contributed by atoms with E-state index < -0.39 is 0 Å². The minimum atomic E-state index is 1.25. The summed E-state index contributed by atoms with van der Waals surface area (Å²) >= 11 is 0. The van der Waals surface area contributed by atoms with Crippen LogP contribution < -0.4 is 0 Å². The Balaban J connectivity index is 1.73. The molecule has 0 saturated carbocycles. The van der Waals surface area contributed by atoms with Crippen molar-refractivity contribution in [1.82, 2.24) is 0 Å². The van der Waals surface area contributed by atoms with Crippen LogP contribution >= 0.6 is 0 Å². The summed E-state index contributed by atoms with van der Waals surface area (Å²) in [5.74, 6) is 0. The Morgan fingerprint density at radius 3 is 1.68 bits per heavy atom. The largest absolute Gasteiger partial charge is 0.0622 e. The first-order chi connectivity index (χ1) is 16.9. The lowest BCUT2D eigenvalue weighted by molar-refractivity contribution is 1.67. The average Bonchev–Trinajstić information content (AvgIpc) is 2.91. The molecule has 34 heavy (non-hydrogen) atoms. The van der Waals surface area contributed by atoms with Gasteiger partial charge in [0.25, 0.3) is 0 Å². The van der Waals surface area contributed by atoms with E-state index in [9.17, 15) is 0 Å². The van der Waals surface area contributed by atoms with Crippen LogP contribution in [0, 0.1) is 0 Å². The summed E-state index contributed by atoms with van der Waals surface area (Å²) in [6.45, 7) is 0. The predicted molar refractivity (Wildman–Crippen MR) is 147 cm³/mol. The lowest BCUT2D eigenvalue weighted by Gasteiger charge is -2.19. The van der Waals surface area contributed by atoms with Crippen LogP contribution in [0.15, 0.2) is 133 Å². The molecule has 158 valence electrons. The fourth-order valence-electron chi connectivity index (χ4n) is 5.51. The number of fused-ring (bicyclic) bond motifs is 5. The first-order valence-corrected chi connectivity index (χ1v) is 11.8. The highest BCUT2D eigenvalue weighted by Gasteiger charge is 2.18. The second kappa shape index (κ2) is 7.57. The van der Waals surface area contributed by atoms with E-state index in [-0.39, 0.29) is 0 Å². The van der Waals surface area contributed by atoms with Gasteiger partial charge in [0.2, 0.25) is 0 Å². The molecule has 7 rings (SSSR count). The van der Waals surface area contributed by atoms with Crippen molar-refractivity contribution < 1.29 is 0 Å². The van der Waals surface area contributed by atoms with Crippen molar-refractivity contribution in [3.8, 4) is 22.3 Å². The monoisotopic (exact) mass is 430 g/mol. The quantitative estimate of drug-likeness (QED) is 0.189. The maximum atomic E-state index is 2.34. The molecular formula is C34H22. The van der Waals surface area contributed by atoms with Gasteiger partial charge in [-0.1, -0.05) is 127 Å². The standard InChI is InChI=1S/C34H22/c1-2-12-25(13-3-1)33-30-17-9-8-16-29(30)32(27-19-18-23-10-4-5-14-26(23)22-27)31-21-20-24-11-6-7-15-28(24)34(31)33/h1-22H. The summed E-state index contributed by atoms with van der Waals surface area (Å²) in [6, 6.07) is 48.6. The van der Waals surface area contributed by atoms with Crippen LogP contribution in [0.4, 0.5) is 0 Å². The van der Waals surface area contributed by atoms with Crippen LogP contribution in [0.1, 0.15) is 0 Å². The third-order valence-corrected chi connectivity index (χ3v) is 7.01. The molecule has 0 amide bonds. The van der Waals surface area contributed by atoms with Crippen molar-refractivity contribution in [2.24, 2.45) is 0 Å². The molecule has 0 bridgehead atoms. The normalized spacial score (nSPS) is 11.5. The molecule has 0 aliphatic rings. The molecule has 0 heterocycles. The summed E-state index contributed by atoms with van der Waals surface area (Å²) in [7, 11) is 0. The highest BCUT2D eigenvalue weighted by atomic mass is 14.2. The van der Waals surface area contributed by atoms with E-state index in [1.165, 1.54) is 65.3 Å². The van der Waals surface area contributed by atoms with Crippen LogP contribution in [-0.4, -0.2) is 0 Å². The van der Waals surface area contributed by atoms with Gasteiger partial charge in [0, 0.05) is 0 Å². The second-order valence-electron chi connectivity index (χ2n) is 8.93. The molecule has 0 unspecified atom stereocenters. The number of hydrogen-bond donors (Lipinski definition) is 0. The Bertz CT molecular complexity index is 1840. The summed E-state index contributed by atoms with van der Waals surface area (Å²) < 4.78 is 0. The first kappa shape index (κ1) is 19.1. The van der Waals surface area contributed by atoms with Crippen LogP contribution in [0.5, 0.6) is 0 Å². The zero-order valence-corrected chi connectivity index (χ0v) is 18.7. The van der Waals surface area contributed by atoms with Crippen molar-refractivity contribution in [2.45, 2.75) is 0 Å². The van der Waals surface area contributed by atoms with Gasteiger partial charge in [-0.2, -0.15) is 0 Å². The highest BCUT2D eigenvalue weighted by molar-refractivity contribution is 6.28. The molecule has 0 heteroatoms. The molecule has 0 fully saturated rings. The van der Waals surface area contributed by atoms with Crippen molar-refractivity contribution in [1.29, 1.82) is 0 Å². The molecule has 0 aromatic heterocycles. The van der Waals surface area contributed by atoms with Gasteiger partial charge in [-0.25, -0.2) is 0 Å². The molecule has 0 atom stereocenters. The average molecular weight is 431 g/mol. The van der Waals surface area contributed by atoms with Gasteiger partial charge in [0.1, 0.15) is 0 Å². The molecule has 0 N–H and O–H groups in total. The SMILES string of the molecule is c1ccc(-c2c3ccccc3c(-c3ccc4ccccc4c3)c3ccc4ccccc4c23)cc1. The second-order valence-corrected chi connectivity index (χ2v) is 8.93. The van der Waals surface area contributed by atoms with Crippen molar-refractivity contribution in [2.75, 3.05) is 0 Å². The summed E-state index contributed by atoms with van der Waals surface area (Å²) in [6.07, 6.45) is 0. The Labute approximate surface area is 198 Å². The smallest absolute Gasteiger partial charge is 0.00141 e. The Hall–Kier alpha value is -4.42. The van der Waals surface area contributed by atoms with Crippen LogP contribution in [0.2, 0.25) is 0 Å². The van der Waals surface area contributed by atoms with Crippen molar-refractivity contribution in [3.05, 3.63) is 133 Å². The zero-order valence-electron chi connectivity index (χ0n) is 18.7. The Kier molecular flexibility index (Phi) is 4.25. The Morgan fingerprint density at radius 2 is 0.882 bits per heavy atom. The van der Waals surface area contributed by atoms with Gasteiger partial charge in [-0.15, -0.1) is 0 Å². The van der Waals surface area contributed by atoms with E-state index in [1.807, 2.05) is 0 Å². The molecule has 0 aliphatic carbocycles. The number of hydrogen-bond acceptors (Lipinski definition) is 0. The summed E-state index contributed by atoms with van der Waals surface area (Å²) in [4.78, 5) is 0. The lowest BCUT2D eigenvalue weighted by Crippen LogP contribution is -1.92. The number of rotatable bonds is 2. The fourth-order valence-corrected chi connectivity index (χ4v) is 5.51. The van der Waals surface area contributed by atoms with Crippen LogP contribution in [0.3, 0.4) is 0 Å². The molecule has 0 spiro atoms. The predicted octanol–water partition coefficient (Wildman–Crippen LogP) is 9.63. The first-order valence-electron chi connectivity index (χ1n) is 11.8. The van der Waals surface area contributed by atoms with E-state index in [1.54, 1.807) is 0 Å². The maximum Gasteiger partial charge on any atom is -0.00141 e. The van der Waals surface area contributed by atoms with E-state index >= 15 is 0 Å². The van der Waals surface area contributed by atoms with E-state index in [0.717, 1.165) is 0 Å². The van der Waals surface area contributed by atoms with Gasteiger partial charge in [-0.3, -0.25) is 0 Å². The van der Waals surface area contributed by atoms with Gasteiger partial charge < -0.3 is 0 Å². The fraction of sp³-hybridized carbons (Fsp3) is 0. The molecule has 0 saturated heterocycles. The van der Waals surface area contributed by atoms with E-state index in [4.69, 9.17) is 0 Å². The maximum absolute atomic E-state index is 2.34. The van der Waals surface area contributed by atoms with Crippen LogP contribution in [0.25, 0.3) is 65.3 Å². The third kappa shape index (κ3) is 2.86. The summed E-state index contributed by atoms with van der Waals surface area (Å²) in [5.41, 5.74) is 5.13. The van der Waals surface area contributed by atoms with Crippen molar-refractivity contribution in [3.63, 3.8) is 0 Å². The summed E-state index contributed by atoms with van der Waals surface area (Å²) in [5, 5.41) is 10.3. The van der Waals surface area contributed by atoms with E-state index in [0.29, 0.717) is 0 Å². The molecular weight excluding hydrogens is 408 g/mol. The minimum Gasteiger partial charge on any atom is -0.0622 e. The molecule has 0 nitrogen and oxygen atoms in total. The zero-order chi connectivity index (χ0) is 22.5. The van der Waals surface area contributed by atoms with E-state index in [2.05, 4.69) is 133 Å². The van der Waals surface area contributed by atoms with Crippen LogP contribution in [-0.2, 0) is 0 Å². The molecule has 0 radical (unpaired) electrons. The molecule has 7 aromatic rings. The Morgan fingerprint density at radius 1 is 0.294 bits per heavy atom. The number of benzene rings is 7. The van der Waals surface area contributed by atoms with Gasteiger partial charge in [0.05, 0.1) is 0 Å². The minimum absolute atomic E-state index is 1.25. The lowest BCUT2D eigenvalue weighted by atomic mass is 9.84. The third-order valence-electron chi connectivity index (χ3n) is 7.01. The van der Waals surface area contributed by atoms with Gasteiger partial charge in [-0.05, 0) is 71.4 Å². The molecule has 7 aromatic carbocycles. The van der Waals surface area contributed by atoms with Gasteiger partial charge >= 0.3 is 0 Å². The highest BCUT2D eigenvalue weighted by Crippen LogP contribution is 2.46. The van der Waals surface area contributed by atoms with Gasteiger partial charge in [0.15, 0.2) is 0 Å². The molecule has 0 aliphatic heterocycles. The topological polar surface area (TPSA) is 0 Å². The van der Waals surface area contributed by atoms with Crippen molar-refractivity contribution >= 4 is 43.1 Å².